The van der Waals surface area contributed by atoms with Gasteiger partial charge in [-0.1, -0.05) is 0 Å². The van der Waals surface area contributed by atoms with E-state index in [0.717, 1.165) is 0 Å². The number of carbonyl (C=O) groups is 3. The Morgan fingerprint density at radius 3 is 2.10 bits per heavy atom. The number of aliphatic hydroxyl groups excluding tert-OH is 4. The molecular weight excluding hydrogens is 288 g/mol. The molecule has 0 aliphatic rings. The lowest BCUT2D eigenvalue weighted by Gasteiger charge is -2.25. The zero-order valence-corrected chi connectivity index (χ0v) is 11.3. The van der Waals surface area contributed by atoms with E-state index in [9.17, 15) is 24.6 Å². The molecule has 0 saturated carbocycles. The highest BCUT2D eigenvalue weighted by atomic mass is 16.6. The van der Waals surface area contributed by atoms with Gasteiger partial charge in [-0.25, -0.2) is 0 Å². The fourth-order valence-electron chi connectivity index (χ4n) is 1.46. The molecule has 0 aromatic carbocycles. The highest BCUT2D eigenvalue weighted by Gasteiger charge is 2.33. The van der Waals surface area contributed by atoms with Crippen molar-refractivity contribution in [1.29, 1.82) is 0 Å². The monoisotopic (exact) mass is 308 g/mol. The largest absolute Gasteiger partial charge is 0.481 e. The summed E-state index contributed by atoms with van der Waals surface area (Å²) in [5.74, 6) is -1.84. The van der Waals surface area contributed by atoms with Crippen LogP contribution in [0.25, 0.3) is 0 Å². The fourth-order valence-corrected chi connectivity index (χ4v) is 1.46. The van der Waals surface area contributed by atoms with Gasteiger partial charge in [-0.3, -0.25) is 14.4 Å². The SMILES string of the molecule is O=C[C@H](OC(=O)CCCCC(=O)O)[C@@H](O)[C@H](O)[C@H](O)CO. The fraction of sp³-hybridized carbons (Fsp3) is 0.750. The Balaban J connectivity index is 4.26. The van der Waals surface area contributed by atoms with Crippen LogP contribution in [-0.4, -0.2) is 74.8 Å². The molecule has 0 saturated heterocycles. The van der Waals surface area contributed by atoms with Gasteiger partial charge in [-0.2, -0.15) is 0 Å². The molecule has 4 atom stereocenters. The number of aldehydes is 1. The van der Waals surface area contributed by atoms with Gasteiger partial charge in [0.05, 0.1) is 6.61 Å². The first-order valence-corrected chi connectivity index (χ1v) is 6.35. The number of carboxylic acid groups (broad SMARTS) is 1. The molecule has 21 heavy (non-hydrogen) atoms. The molecule has 0 spiro atoms. The van der Waals surface area contributed by atoms with Crippen molar-refractivity contribution in [2.45, 2.75) is 50.1 Å². The third kappa shape index (κ3) is 7.71. The molecule has 0 fully saturated rings. The van der Waals surface area contributed by atoms with Crippen LogP contribution in [0.5, 0.6) is 0 Å². The van der Waals surface area contributed by atoms with Crippen molar-refractivity contribution >= 4 is 18.2 Å². The van der Waals surface area contributed by atoms with E-state index in [2.05, 4.69) is 4.74 Å². The molecular formula is C12H20O9. The van der Waals surface area contributed by atoms with Gasteiger partial charge in [0.15, 0.2) is 12.4 Å². The van der Waals surface area contributed by atoms with Crippen molar-refractivity contribution in [3.05, 3.63) is 0 Å². The topological polar surface area (TPSA) is 162 Å². The van der Waals surface area contributed by atoms with Crippen LogP contribution in [0.4, 0.5) is 0 Å². The van der Waals surface area contributed by atoms with E-state index in [1.54, 1.807) is 0 Å². The van der Waals surface area contributed by atoms with Gasteiger partial charge in [0.1, 0.15) is 18.3 Å². The molecule has 122 valence electrons. The lowest BCUT2D eigenvalue weighted by molar-refractivity contribution is -0.168. The van der Waals surface area contributed by atoms with Crippen LogP contribution in [0.15, 0.2) is 0 Å². The van der Waals surface area contributed by atoms with Gasteiger partial charge in [0, 0.05) is 12.8 Å². The number of carboxylic acids is 1. The predicted molar refractivity (Wildman–Crippen MR) is 67.2 cm³/mol. The number of ether oxygens (including phenoxy) is 1. The molecule has 0 amide bonds. The summed E-state index contributed by atoms with van der Waals surface area (Å²) in [7, 11) is 0. The molecule has 0 unspecified atom stereocenters. The lowest BCUT2D eigenvalue weighted by Crippen LogP contribution is -2.48. The van der Waals surface area contributed by atoms with E-state index in [1.807, 2.05) is 0 Å². The van der Waals surface area contributed by atoms with Crippen molar-refractivity contribution in [3.8, 4) is 0 Å². The average molecular weight is 308 g/mol. The molecule has 0 bridgehead atoms. The number of esters is 1. The highest BCUT2D eigenvalue weighted by Crippen LogP contribution is 2.09. The maximum absolute atomic E-state index is 11.4. The summed E-state index contributed by atoms with van der Waals surface area (Å²) in [4.78, 5) is 32.4. The third-order valence-electron chi connectivity index (χ3n) is 2.69. The Bertz CT molecular complexity index is 344. The Morgan fingerprint density at radius 1 is 1.05 bits per heavy atom. The predicted octanol–water partition coefficient (Wildman–Crippen LogP) is -2.18. The van der Waals surface area contributed by atoms with Gasteiger partial charge in [-0.15, -0.1) is 0 Å². The first-order valence-electron chi connectivity index (χ1n) is 6.35. The van der Waals surface area contributed by atoms with Crippen molar-refractivity contribution in [2.75, 3.05) is 6.61 Å². The second-order valence-electron chi connectivity index (χ2n) is 4.42. The van der Waals surface area contributed by atoms with E-state index >= 15 is 0 Å². The molecule has 9 heteroatoms. The standard InChI is InChI=1S/C12H20O9/c13-5-7(15)11(19)12(20)8(6-14)21-10(18)4-2-1-3-9(16)17/h6-8,11-13,15,19-20H,1-5H2,(H,16,17)/t7-,8+,11-,12-/m1/s1. The summed E-state index contributed by atoms with van der Waals surface area (Å²) in [5.41, 5.74) is 0. The molecule has 9 nitrogen and oxygen atoms in total. The summed E-state index contributed by atoms with van der Waals surface area (Å²) in [6.45, 7) is -0.840. The van der Waals surface area contributed by atoms with Crippen LogP contribution in [0.2, 0.25) is 0 Å². The Morgan fingerprint density at radius 2 is 1.62 bits per heavy atom. The summed E-state index contributed by atoms with van der Waals surface area (Å²) in [5, 5.41) is 45.1. The van der Waals surface area contributed by atoms with E-state index < -0.39 is 43.0 Å². The van der Waals surface area contributed by atoms with Crippen molar-refractivity contribution in [1.82, 2.24) is 0 Å². The minimum atomic E-state index is -1.88. The second-order valence-corrected chi connectivity index (χ2v) is 4.42. The average Bonchev–Trinajstić information content (AvgIpc) is 2.46. The quantitative estimate of drug-likeness (QED) is 0.162. The second kappa shape index (κ2) is 10.2. The van der Waals surface area contributed by atoms with Gasteiger partial charge in [0.25, 0.3) is 0 Å². The Hall–Kier alpha value is -1.55. The summed E-state index contributed by atoms with van der Waals surface area (Å²) in [6, 6.07) is 0. The zero-order valence-electron chi connectivity index (χ0n) is 11.3. The number of rotatable bonds is 11. The highest BCUT2D eigenvalue weighted by molar-refractivity contribution is 5.73. The number of hydrogen-bond donors (Lipinski definition) is 5. The maximum Gasteiger partial charge on any atom is 0.306 e. The van der Waals surface area contributed by atoms with E-state index in [1.165, 1.54) is 0 Å². The first kappa shape index (κ1) is 19.4. The maximum atomic E-state index is 11.4. The van der Waals surface area contributed by atoms with E-state index in [4.69, 9.17) is 15.3 Å². The molecule has 0 aromatic rings. The smallest absolute Gasteiger partial charge is 0.306 e. The van der Waals surface area contributed by atoms with Gasteiger partial charge in [-0.05, 0) is 12.8 Å². The van der Waals surface area contributed by atoms with Crippen molar-refractivity contribution in [3.63, 3.8) is 0 Å². The molecule has 0 heterocycles. The molecule has 0 aromatic heterocycles. The Kier molecular flexibility index (Phi) is 9.46. The number of carbonyl (C=O) groups excluding carboxylic acids is 2. The van der Waals surface area contributed by atoms with Gasteiger partial charge < -0.3 is 30.3 Å². The van der Waals surface area contributed by atoms with Crippen LogP contribution in [0.3, 0.4) is 0 Å². The molecule has 0 radical (unpaired) electrons. The molecule has 0 rings (SSSR count). The first-order chi connectivity index (χ1) is 9.83. The van der Waals surface area contributed by atoms with Crippen molar-refractivity contribution in [2.24, 2.45) is 0 Å². The van der Waals surface area contributed by atoms with Crippen LogP contribution < -0.4 is 0 Å². The number of hydrogen-bond acceptors (Lipinski definition) is 8. The van der Waals surface area contributed by atoms with E-state index in [-0.39, 0.29) is 32.0 Å². The molecule has 5 N–H and O–H groups in total. The molecule has 0 aliphatic heterocycles. The van der Waals surface area contributed by atoms with Crippen LogP contribution in [0.1, 0.15) is 25.7 Å². The summed E-state index contributed by atoms with van der Waals surface area (Å²) in [6.07, 6.45) is -6.79. The third-order valence-corrected chi connectivity index (χ3v) is 2.69. The van der Waals surface area contributed by atoms with Gasteiger partial charge >= 0.3 is 11.9 Å². The van der Waals surface area contributed by atoms with Crippen LogP contribution in [-0.2, 0) is 19.1 Å². The minimum absolute atomic E-state index is 0.0904. The number of unbranched alkanes of at least 4 members (excludes halogenated alkanes) is 1. The van der Waals surface area contributed by atoms with Crippen LogP contribution >= 0.6 is 0 Å². The normalized spacial score (nSPS) is 16.6. The van der Waals surface area contributed by atoms with E-state index in [0.29, 0.717) is 0 Å². The number of aliphatic hydroxyl groups is 4. The minimum Gasteiger partial charge on any atom is -0.481 e. The Labute approximate surface area is 120 Å². The molecule has 0 aliphatic carbocycles. The summed E-state index contributed by atoms with van der Waals surface area (Å²) >= 11 is 0. The van der Waals surface area contributed by atoms with Gasteiger partial charge in [0.2, 0.25) is 0 Å². The zero-order chi connectivity index (χ0) is 16.4. The van der Waals surface area contributed by atoms with Crippen LogP contribution in [0, 0.1) is 0 Å². The summed E-state index contributed by atoms with van der Waals surface area (Å²) < 4.78 is 4.63. The lowest BCUT2D eigenvalue weighted by atomic mass is 10.0. The van der Waals surface area contributed by atoms with Crippen molar-refractivity contribution < 1.29 is 44.7 Å². The number of aliphatic carboxylic acids is 1.